The standard InChI is InChI=1S/C12H8BrN3O4/c13-11-3-1-2-9(14-11)12(18)15-8-5-4-7(17)6-10(8)16(19)20/h1-6,17H,(H,15,18). The highest BCUT2D eigenvalue weighted by Gasteiger charge is 2.18. The van der Waals surface area contributed by atoms with Gasteiger partial charge in [-0.2, -0.15) is 0 Å². The Labute approximate surface area is 121 Å². The lowest BCUT2D eigenvalue weighted by molar-refractivity contribution is -0.384. The Morgan fingerprint density at radius 3 is 2.75 bits per heavy atom. The van der Waals surface area contributed by atoms with Gasteiger partial charge in [-0.05, 0) is 40.2 Å². The van der Waals surface area contributed by atoms with E-state index in [2.05, 4.69) is 26.2 Å². The second-order valence-electron chi connectivity index (χ2n) is 3.76. The number of rotatable bonds is 3. The van der Waals surface area contributed by atoms with Crippen LogP contribution >= 0.6 is 15.9 Å². The van der Waals surface area contributed by atoms with Crippen molar-refractivity contribution in [2.75, 3.05) is 5.32 Å². The van der Waals surface area contributed by atoms with E-state index >= 15 is 0 Å². The molecule has 0 saturated heterocycles. The average molecular weight is 338 g/mol. The first kappa shape index (κ1) is 13.9. The van der Waals surface area contributed by atoms with E-state index < -0.39 is 16.5 Å². The van der Waals surface area contributed by atoms with Crippen LogP contribution < -0.4 is 5.32 Å². The van der Waals surface area contributed by atoms with Crippen LogP contribution in [0, 0.1) is 10.1 Å². The predicted molar refractivity (Wildman–Crippen MR) is 74.7 cm³/mol. The van der Waals surface area contributed by atoms with E-state index in [4.69, 9.17) is 0 Å². The molecule has 0 radical (unpaired) electrons. The first-order valence-corrected chi connectivity index (χ1v) is 6.18. The van der Waals surface area contributed by atoms with Gasteiger partial charge in [-0.15, -0.1) is 0 Å². The molecule has 102 valence electrons. The highest BCUT2D eigenvalue weighted by atomic mass is 79.9. The minimum Gasteiger partial charge on any atom is -0.508 e. The number of anilines is 1. The maximum absolute atomic E-state index is 11.9. The van der Waals surface area contributed by atoms with E-state index in [0.29, 0.717) is 4.60 Å². The number of phenols is 1. The van der Waals surface area contributed by atoms with E-state index in [9.17, 15) is 20.0 Å². The van der Waals surface area contributed by atoms with E-state index in [0.717, 1.165) is 6.07 Å². The monoisotopic (exact) mass is 337 g/mol. The average Bonchev–Trinajstić information content (AvgIpc) is 2.40. The molecule has 8 heteroatoms. The van der Waals surface area contributed by atoms with Gasteiger partial charge in [0.05, 0.1) is 11.0 Å². The molecule has 1 aromatic carbocycles. The number of hydrogen-bond donors (Lipinski definition) is 2. The number of nitrogens with zero attached hydrogens (tertiary/aromatic N) is 2. The zero-order chi connectivity index (χ0) is 14.7. The van der Waals surface area contributed by atoms with Crippen molar-refractivity contribution in [3.63, 3.8) is 0 Å². The molecule has 0 fully saturated rings. The smallest absolute Gasteiger partial charge is 0.296 e. The number of nitrogens with one attached hydrogen (secondary N) is 1. The molecule has 1 heterocycles. The zero-order valence-electron chi connectivity index (χ0n) is 9.91. The fraction of sp³-hybridized carbons (Fsp3) is 0. The van der Waals surface area contributed by atoms with Crippen LogP contribution in [0.3, 0.4) is 0 Å². The summed E-state index contributed by atoms with van der Waals surface area (Å²) in [5, 5.41) is 22.5. The van der Waals surface area contributed by atoms with Gasteiger partial charge in [0.1, 0.15) is 21.7 Å². The summed E-state index contributed by atoms with van der Waals surface area (Å²) in [6.07, 6.45) is 0. The third-order valence-corrected chi connectivity index (χ3v) is 2.82. The third-order valence-electron chi connectivity index (χ3n) is 2.37. The Balaban J connectivity index is 2.30. The molecule has 1 amide bonds. The maximum Gasteiger partial charge on any atom is 0.296 e. The number of halogens is 1. The summed E-state index contributed by atoms with van der Waals surface area (Å²) >= 11 is 3.13. The summed E-state index contributed by atoms with van der Waals surface area (Å²) in [4.78, 5) is 26.1. The Hall–Kier alpha value is -2.48. The molecular formula is C12H8BrN3O4. The number of nitro groups is 1. The lowest BCUT2D eigenvalue weighted by Gasteiger charge is -2.06. The Bertz CT molecular complexity index is 690. The zero-order valence-corrected chi connectivity index (χ0v) is 11.5. The van der Waals surface area contributed by atoms with Crippen molar-refractivity contribution in [2.24, 2.45) is 0 Å². The predicted octanol–water partition coefficient (Wildman–Crippen LogP) is 2.71. The molecule has 0 saturated carbocycles. The third kappa shape index (κ3) is 3.09. The topological polar surface area (TPSA) is 105 Å². The summed E-state index contributed by atoms with van der Waals surface area (Å²) in [5.41, 5.74) is -0.297. The Morgan fingerprint density at radius 2 is 2.10 bits per heavy atom. The minimum absolute atomic E-state index is 0.0143. The highest BCUT2D eigenvalue weighted by molar-refractivity contribution is 9.10. The van der Waals surface area contributed by atoms with Gasteiger partial charge in [0, 0.05) is 0 Å². The molecule has 2 rings (SSSR count). The van der Waals surface area contributed by atoms with Crippen molar-refractivity contribution in [3.05, 3.63) is 56.8 Å². The lowest BCUT2D eigenvalue weighted by Crippen LogP contribution is -2.14. The second-order valence-corrected chi connectivity index (χ2v) is 4.57. The summed E-state index contributed by atoms with van der Waals surface area (Å²) < 4.78 is 0.477. The van der Waals surface area contributed by atoms with Crippen LogP contribution in [-0.2, 0) is 0 Å². The fourth-order valence-corrected chi connectivity index (χ4v) is 1.84. The van der Waals surface area contributed by atoms with Gasteiger partial charge in [0.25, 0.3) is 11.6 Å². The molecule has 2 N–H and O–H groups in total. The molecule has 0 unspecified atom stereocenters. The molecule has 2 aromatic rings. The number of aromatic hydroxyl groups is 1. The normalized spacial score (nSPS) is 10.1. The maximum atomic E-state index is 11.9. The van der Waals surface area contributed by atoms with Crippen LogP contribution in [0.15, 0.2) is 41.0 Å². The number of amides is 1. The van der Waals surface area contributed by atoms with Gasteiger partial charge in [0.2, 0.25) is 0 Å². The SMILES string of the molecule is O=C(Nc1ccc(O)cc1[N+](=O)[O-])c1cccc(Br)n1. The van der Waals surface area contributed by atoms with Gasteiger partial charge < -0.3 is 10.4 Å². The number of nitro benzene ring substituents is 1. The number of pyridine rings is 1. The van der Waals surface area contributed by atoms with Crippen LogP contribution in [-0.4, -0.2) is 20.9 Å². The summed E-state index contributed by atoms with van der Waals surface area (Å²) in [6, 6.07) is 8.22. The van der Waals surface area contributed by atoms with Crippen molar-refractivity contribution in [1.82, 2.24) is 4.98 Å². The highest BCUT2D eigenvalue weighted by Crippen LogP contribution is 2.28. The van der Waals surface area contributed by atoms with Gasteiger partial charge in [-0.1, -0.05) is 6.07 Å². The van der Waals surface area contributed by atoms with E-state index in [1.54, 1.807) is 12.1 Å². The van der Waals surface area contributed by atoms with Crippen molar-refractivity contribution >= 4 is 33.2 Å². The van der Waals surface area contributed by atoms with Gasteiger partial charge in [0.15, 0.2) is 0 Å². The Kier molecular flexibility index (Phi) is 3.94. The van der Waals surface area contributed by atoms with Crippen molar-refractivity contribution < 1.29 is 14.8 Å². The van der Waals surface area contributed by atoms with Crippen molar-refractivity contribution in [1.29, 1.82) is 0 Å². The number of aromatic nitrogens is 1. The number of phenolic OH excluding ortho intramolecular Hbond substituents is 1. The van der Waals surface area contributed by atoms with Gasteiger partial charge in [-0.3, -0.25) is 14.9 Å². The van der Waals surface area contributed by atoms with Crippen molar-refractivity contribution in [3.8, 4) is 5.75 Å². The summed E-state index contributed by atoms with van der Waals surface area (Å²) in [7, 11) is 0. The number of carbonyl (C=O) groups excluding carboxylic acids is 1. The first-order chi connectivity index (χ1) is 9.47. The lowest BCUT2D eigenvalue weighted by atomic mass is 10.2. The fourth-order valence-electron chi connectivity index (χ4n) is 1.50. The summed E-state index contributed by atoms with van der Waals surface area (Å²) in [5.74, 6) is -0.838. The molecule has 0 aliphatic heterocycles. The van der Waals surface area contributed by atoms with Gasteiger partial charge >= 0.3 is 0 Å². The van der Waals surface area contributed by atoms with Crippen LogP contribution in [0.1, 0.15) is 10.5 Å². The molecular weight excluding hydrogens is 330 g/mol. The summed E-state index contributed by atoms with van der Waals surface area (Å²) in [6.45, 7) is 0. The molecule has 0 bridgehead atoms. The largest absolute Gasteiger partial charge is 0.508 e. The van der Waals surface area contributed by atoms with Crippen LogP contribution in [0.2, 0.25) is 0 Å². The Morgan fingerprint density at radius 1 is 1.35 bits per heavy atom. The molecule has 20 heavy (non-hydrogen) atoms. The molecule has 0 atom stereocenters. The molecule has 0 aliphatic carbocycles. The number of benzene rings is 1. The van der Waals surface area contributed by atoms with E-state index in [1.165, 1.54) is 18.2 Å². The van der Waals surface area contributed by atoms with E-state index in [1.807, 2.05) is 0 Å². The first-order valence-electron chi connectivity index (χ1n) is 5.38. The molecule has 0 spiro atoms. The van der Waals surface area contributed by atoms with Crippen molar-refractivity contribution in [2.45, 2.75) is 0 Å². The molecule has 0 aliphatic rings. The molecule has 1 aromatic heterocycles. The quantitative estimate of drug-likeness (QED) is 0.387. The second kappa shape index (κ2) is 5.66. The van der Waals surface area contributed by atoms with Crippen LogP contribution in [0.25, 0.3) is 0 Å². The van der Waals surface area contributed by atoms with E-state index in [-0.39, 0.29) is 17.1 Å². The number of hydrogen-bond acceptors (Lipinski definition) is 5. The van der Waals surface area contributed by atoms with Crippen LogP contribution in [0.5, 0.6) is 5.75 Å². The van der Waals surface area contributed by atoms with Crippen LogP contribution in [0.4, 0.5) is 11.4 Å². The molecule has 7 nitrogen and oxygen atoms in total. The minimum atomic E-state index is -0.691. The number of carbonyl (C=O) groups is 1. The van der Waals surface area contributed by atoms with Gasteiger partial charge in [-0.25, -0.2) is 4.98 Å².